The van der Waals surface area contributed by atoms with Gasteiger partial charge >= 0.3 is 0 Å². The molecule has 2 aromatic rings. The van der Waals surface area contributed by atoms with Gasteiger partial charge in [0.25, 0.3) is 0 Å². The molecule has 1 aliphatic rings. The van der Waals surface area contributed by atoms with E-state index in [1.54, 1.807) is 11.9 Å². The number of carbonyl (C=O) groups is 1. The van der Waals surface area contributed by atoms with Gasteiger partial charge in [0, 0.05) is 20.1 Å². The van der Waals surface area contributed by atoms with E-state index >= 15 is 0 Å². The molecule has 0 bridgehead atoms. The standard InChI is InChI=1S/C13H14N4O2/c1-17(13(18)11-3-2-6-14-11)8-9-4-5-10-12(7-9)16-19-15-10/h2-5,7,11,14H,6,8H2,1H3/t11-/m0/s1. The summed E-state index contributed by atoms with van der Waals surface area (Å²) >= 11 is 0. The molecule has 1 atom stereocenters. The van der Waals surface area contributed by atoms with Gasteiger partial charge in [0.1, 0.15) is 17.1 Å². The van der Waals surface area contributed by atoms with Crippen molar-refractivity contribution in [3.8, 4) is 0 Å². The molecule has 98 valence electrons. The second-order valence-corrected chi connectivity index (χ2v) is 4.60. The number of nitrogens with one attached hydrogen (secondary N) is 1. The van der Waals surface area contributed by atoms with Gasteiger partial charge in [-0.1, -0.05) is 18.2 Å². The highest BCUT2D eigenvalue weighted by molar-refractivity contribution is 5.84. The van der Waals surface area contributed by atoms with E-state index in [9.17, 15) is 4.79 Å². The smallest absolute Gasteiger partial charge is 0.243 e. The highest BCUT2D eigenvalue weighted by atomic mass is 16.6. The van der Waals surface area contributed by atoms with Crippen LogP contribution in [0.1, 0.15) is 5.56 Å². The Morgan fingerprint density at radius 1 is 1.47 bits per heavy atom. The van der Waals surface area contributed by atoms with E-state index in [2.05, 4.69) is 20.3 Å². The molecule has 6 heteroatoms. The molecule has 0 fully saturated rings. The summed E-state index contributed by atoms with van der Waals surface area (Å²) in [7, 11) is 1.79. The minimum absolute atomic E-state index is 0.0622. The number of aromatic nitrogens is 2. The van der Waals surface area contributed by atoms with Crippen LogP contribution in [-0.4, -0.2) is 40.8 Å². The molecule has 1 amide bonds. The largest absolute Gasteiger partial charge is 0.340 e. The highest BCUT2D eigenvalue weighted by Gasteiger charge is 2.21. The van der Waals surface area contributed by atoms with Crippen molar-refractivity contribution in [1.82, 2.24) is 20.5 Å². The number of amides is 1. The van der Waals surface area contributed by atoms with Crippen LogP contribution >= 0.6 is 0 Å². The van der Waals surface area contributed by atoms with Gasteiger partial charge in [-0.3, -0.25) is 10.1 Å². The van der Waals surface area contributed by atoms with Crippen molar-refractivity contribution in [1.29, 1.82) is 0 Å². The number of rotatable bonds is 3. The molecule has 0 saturated heterocycles. The third-order valence-corrected chi connectivity index (χ3v) is 3.16. The monoisotopic (exact) mass is 258 g/mol. The van der Waals surface area contributed by atoms with Crippen molar-refractivity contribution < 1.29 is 9.42 Å². The SMILES string of the molecule is CN(Cc1ccc2nonc2c1)C(=O)[C@@H]1C=CCN1. The lowest BCUT2D eigenvalue weighted by atomic mass is 10.1. The van der Waals surface area contributed by atoms with Crippen molar-refractivity contribution in [2.45, 2.75) is 12.6 Å². The molecular formula is C13H14N4O2. The molecule has 0 saturated carbocycles. The number of hydrogen-bond donors (Lipinski definition) is 1. The van der Waals surface area contributed by atoms with E-state index in [1.807, 2.05) is 30.4 Å². The minimum atomic E-state index is -0.206. The Labute approximate surface area is 110 Å². The van der Waals surface area contributed by atoms with E-state index in [0.29, 0.717) is 12.1 Å². The molecule has 6 nitrogen and oxygen atoms in total. The van der Waals surface area contributed by atoms with Gasteiger partial charge in [0.15, 0.2) is 0 Å². The first kappa shape index (κ1) is 11.9. The minimum Gasteiger partial charge on any atom is -0.340 e. The third kappa shape index (κ3) is 2.34. The zero-order chi connectivity index (χ0) is 13.2. The van der Waals surface area contributed by atoms with Gasteiger partial charge in [-0.15, -0.1) is 0 Å². The van der Waals surface area contributed by atoms with E-state index in [0.717, 1.165) is 17.6 Å². The number of nitrogens with zero attached hydrogens (tertiary/aromatic N) is 3. The lowest BCUT2D eigenvalue weighted by Crippen LogP contribution is -2.41. The number of fused-ring (bicyclic) bond motifs is 1. The van der Waals surface area contributed by atoms with Crippen LogP contribution in [0.2, 0.25) is 0 Å². The molecular weight excluding hydrogens is 244 g/mol. The van der Waals surface area contributed by atoms with Crippen LogP contribution in [-0.2, 0) is 11.3 Å². The molecule has 1 aromatic heterocycles. The lowest BCUT2D eigenvalue weighted by molar-refractivity contribution is -0.131. The predicted molar refractivity (Wildman–Crippen MR) is 69.2 cm³/mol. The molecule has 1 N–H and O–H groups in total. The Hall–Kier alpha value is -2.21. The summed E-state index contributed by atoms with van der Waals surface area (Å²) in [4.78, 5) is 13.8. The van der Waals surface area contributed by atoms with Crippen molar-refractivity contribution in [3.05, 3.63) is 35.9 Å². The average molecular weight is 258 g/mol. The maximum Gasteiger partial charge on any atom is 0.243 e. The van der Waals surface area contributed by atoms with E-state index < -0.39 is 0 Å². The van der Waals surface area contributed by atoms with Gasteiger partial charge in [0.2, 0.25) is 5.91 Å². The normalized spacial score (nSPS) is 18.1. The van der Waals surface area contributed by atoms with Crippen LogP contribution < -0.4 is 5.32 Å². The maximum absolute atomic E-state index is 12.1. The van der Waals surface area contributed by atoms with Crippen molar-refractivity contribution in [2.24, 2.45) is 0 Å². The van der Waals surface area contributed by atoms with Crippen LogP contribution in [0.4, 0.5) is 0 Å². The molecule has 19 heavy (non-hydrogen) atoms. The zero-order valence-electron chi connectivity index (χ0n) is 10.5. The van der Waals surface area contributed by atoms with Gasteiger partial charge in [-0.25, -0.2) is 4.63 Å². The van der Waals surface area contributed by atoms with Crippen LogP contribution in [0.15, 0.2) is 35.0 Å². The fourth-order valence-corrected chi connectivity index (χ4v) is 2.15. The number of hydrogen-bond acceptors (Lipinski definition) is 5. The van der Waals surface area contributed by atoms with Crippen LogP contribution in [0.5, 0.6) is 0 Å². The summed E-state index contributed by atoms with van der Waals surface area (Å²) in [5, 5.41) is 10.7. The summed E-state index contributed by atoms with van der Waals surface area (Å²) < 4.78 is 4.65. The van der Waals surface area contributed by atoms with Crippen molar-refractivity contribution >= 4 is 16.9 Å². The molecule has 0 aliphatic carbocycles. The topological polar surface area (TPSA) is 71.3 Å². The van der Waals surface area contributed by atoms with Gasteiger partial charge in [-0.2, -0.15) is 0 Å². The Morgan fingerprint density at radius 3 is 3.11 bits per heavy atom. The van der Waals surface area contributed by atoms with Crippen LogP contribution in [0.25, 0.3) is 11.0 Å². The Morgan fingerprint density at radius 2 is 2.32 bits per heavy atom. The second-order valence-electron chi connectivity index (χ2n) is 4.60. The summed E-state index contributed by atoms with van der Waals surface area (Å²) in [5.41, 5.74) is 2.43. The molecule has 1 aliphatic heterocycles. The second kappa shape index (κ2) is 4.81. The van der Waals surface area contributed by atoms with E-state index in [-0.39, 0.29) is 11.9 Å². The Balaban J connectivity index is 1.72. The fraction of sp³-hybridized carbons (Fsp3) is 0.308. The maximum atomic E-state index is 12.1. The van der Waals surface area contributed by atoms with E-state index in [4.69, 9.17) is 0 Å². The van der Waals surface area contributed by atoms with Crippen molar-refractivity contribution in [3.63, 3.8) is 0 Å². The summed E-state index contributed by atoms with van der Waals surface area (Å²) in [6.45, 7) is 1.29. The quantitative estimate of drug-likeness (QED) is 0.821. The summed E-state index contributed by atoms with van der Waals surface area (Å²) in [5.74, 6) is 0.0622. The molecule has 2 heterocycles. The predicted octanol–water partition coefficient (Wildman–Crippen LogP) is 0.709. The first-order valence-electron chi connectivity index (χ1n) is 6.10. The Kier molecular flexibility index (Phi) is 3.00. The van der Waals surface area contributed by atoms with Crippen LogP contribution in [0.3, 0.4) is 0 Å². The number of likely N-dealkylation sites (N-methyl/N-ethyl adjacent to an activating group) is 1. The molecule has 0 spiro atoms. The number of carbonyl (C=O) groups excluding carboxylic acids is 1. The van der Waals surface area contributed by atoms with E-state index in [1.165, 1.54) is 0 Å². The first-order valence-corrected chi connectivity index (χ1v) is 6.10. The highest BCUT2D eigenvalue weighted by Crippen LogP contribution is 2.13. The zero-order valence-corrected chi connectivity index (χ0v) is 10.5. The van der Waals surface area contributed by atoms with Crippen LogP contribution in [0, 0.1) is 0 Å². The molecule has 0 unspecified atom stereocenters. The van der Waals surface area contributed by atoms with Gasteiger partial charge in [-0.05, 0) is 28.0 Å². The van der Waals surface area contributed by atoms with Crippen molar-refractivity contribution in [2.75, 3.05) is 13.6 Å². The summed E-state index contributed by atoms with van der Waals surface area (Å²) in [6.07, 6.45) is 3.85. The van der Waals surface area contributed by atoms with Gasteiger partial charge in [0.05, 0.1) is 0 Å². The van der Waals surface area contributed by atoms with Gasteiger partial charge < -0.3 is 4.90 Å². The first-order chi connectivity index (χ1) is 9.24. The molecule has 3 rings (SSSR count). The average Bonchev–Trinajstić information content (AvgIpc) is 3.08. The third-order valence-electron chi connectivity index (χ3n) is 3.16. The molecule has 0 radical (unpaired) electrons. The fourth-order valence-electron chi connectivity index (χ4n) is 2.15. The molecule has 1 aromatic carbocycles. The summed E-state index contributed by atoms with van der Waals surface area (Å²) in [6, 6.07) is 5.44. The lowest BCUT2D eigenvalue weighted by Gasteiger charge is -2.20. The Bertz CT molecular complexity index is 634. The number of benzene rings is 1.